The van der Waals surface area contributed by atoms with E-state index in [2.05, 4.69) is 19.9 Å². The first kappa shape index (κ1) is 16.7. The van der Waals surface area contributed by atoms with Crippen molar-refractivity contribution in [2.75, 3.05) is 6.61 Å². The molecule has 0 atom stereocenters. The van der Waals surface area contributed by atoms with Crippen LogP contribution in [0.3, 0.4) is 0 Å². The van der Waals surface area contributed by atoms with Gasteiger partial charge in [0, 0.05) is 5.75 Å². The summed E-state index contributed by atoms with van der Waals surface area (Å²) in [6, 6.07) is 8.78. The monoisotopic (exact) mass is 266 g/mol. The SMILES string of the molecule is Cc1c[c-]ccc1OCC(C)C.[Br-].[Mg+2]. The normalized spacial score (nSPS) is 8.86. The summed E-state index contributed by atoms with van der Waals surface area (Å²) in [5.74, 6) is 1.55. The van der Waals surface area contributed by atoms with E-state index in [0.29, 0.717) is 5.92 Å². The molecular weight excluding hydrogens is 252 g/mol. The van der Waals surface area contributed by atoms with Crippen molar-refractivity contribution in [1.29, 1.82) is 0 Å². The Balaban J connectivity index is 0. The van der Waals surface area contributed by atoms with Crippen molar-refractivity contribution < 1.29 is 21.7 Å². The summed E-state index contributed by atoms with van der Waals surface area (Å²) in [5, 5.41) is 0. The van der Waals surface area contributed by atoms with E-state index < -0.39 is 0 Å². The number of halogens is 1. The minimum absolute atomic E-state index is 0. The van der Waals surface area contributed by atoms with Gasteiger partial charge in [-0.1, -0.05) is 20.8 Å². The van der Waals surface area contributed by atoms with Crippen LogP contribution in [0.25, 0.3) is 0 Å². The summed E-state index contributed by atoms with van der Waals surface area (Å²) < 4.78 is 5.58. The van der Waals surface area contributed by atoms with Gasteiger partial charge in [-0.25, -0.2) is 0 Å². The molecule has 3 heteroatoms. The van der Waals surface area contributed by atoms with E-state index >= 15 is 0 Å². The van der Waals surface area contributed by atoms with Crippen molar-refractivity contribution >= 4 is 23.1 Å². The van der Waals surface area contributed by atoms with Crippen molar-refractivity contribution in [3.8, 4) is 5.75 Å². The molecule has 1 aromatic carbocycles. The summed E-state index contributed by atoms with van der Waals surface area (Å²) in [6.07, 6.45) is 0. The molecule has 14 heavy (non-hydrogen) atoms. The molecule has 1 nitrogen and oxygen atoms in total. The van der Waals surface area contributed by atoms with Gasteiger partial charge < -0.3 is 21.7 Å². The summed E-state index contributed by atoms with van der Waals surface area (Å²) in [6.45, 7) is 7.10. The Bertz CT molecular complexity index is 251. The molecule has 0 aliphatic carbocycles. The van der Waals surface area contributed by atoms with Gasteiger partial charge in [0.05, 0.1) is 6.61 Å². The van der Waals surface area contributed by atoms with Crippen LogP contribution in [0.2, 0.25) is 0 Å². The molecule has 0 saturated carbocycles. The van der Waals surface area contributed by atoms with Crippen LogP contribution in [0.1, 0.15) is 19.4 Å². The second-order valence-corrected chi connectivity index (χ2v) is 3.40. The Labute approximate surface area is 113 Å². The summed E-state index contributed by atoms with van der Waals surface area (Å²) in [7, 11) is 0. The second kappa shape index (κ2) is 8.56. The van der Waals surface area contributed by atoms with Gasteiger partial charge in [0.25, 0.3) is 0 Å². The summed E-state index contributed by atoms with van der Waals surface area (Å²) in [4.78, 5) is 0. The van der Waals surface area contributed by atoms with Crippen LogP contribution in [0.4, 0.5) is 0 Å². The molecule has 1 rings (SSSR count). The summed E-state index contributed by atoms with van der Waals surface area (Å²) in [5.41, 5.74) is 1.15. The Morgan fingerprint density at radius 2 is 2.07 bits per heavy atom. The third kappa shape index (κ3) is 5.88. The minimum atomic E-state index is 0. The molecule has 0 aromatic heterocycles. The number of benzene rings is 1. The maximum Gasteiger partial charge on any atom is 2.00 e. The zero-order valence-electron chi connectivity index (χ0n) is 9.01. The quantitative estimate of drug-likeness (QED) is 0.528. The molecule has 0 radical (unpaired) electrons. The third-order valence-electron chi connectivity index (χ3n) is 1.59. The van der Waals surface area contributed by atoms with Gasteiger partial charge >= 0.3 is 23.1 Å². The predicted octanol–water partition coefficient (Wildman–Crippen LogP) is -0.547. The molecule has 0 aliphatic rings. The van der Waals surface area contributed by atoms with Crippen LogP contribution in [0.5, 0.6) is 5.75 Å². The van der Waals surface area contributed by atoms with E-state index in [1.54, 1.807) is 0 Å². The first-order valence-corrected chi connectivity index (χ1v) is 4.29. The van der Waals surface area contributed by atoms with Gasteiger partial charge in [-0.05, 0) is 5.92 Å². The van der Waals surface area contributed by atoms with E-state index in [0.717, 1.165) is 17.9 Å². The van der Waals surface area contributed by atoms with Crippen LogP contribution < -0.4 is 21.7 Å². The third-order valence-corrected chi connectivity index (χ3v) is 1.59. The van der Waals surface area contributed by atoms with E-state index in [1.807, 2.05) is 25.1 Å². The van der Waals surface area contributed by atoms with Crippen molar-refractivity contribution in [1.82, 2.24) is 0 Å². The van der Waals surface area contributed by atoms with Crippen molar-refractivity contribution in [2.24, 2.45) is 5.92 Å². The molecule has 0 amide bonds. The number of rotatable bonds is 3. The molecule has 0 fully saturated rings. The Hall–Kier alpha value is 0.266. The van der Waals surface area contributed by atoms with Gasteiger partial charge in [-0.15, -0.1) is 11.6 Å². The van der Waals surface area contributed by atoms with Gasteiger partial charge in [0.1, 0.15) is 0 Å². The molecule has 0 aliphatic heterocycles. The molecule has 0 heterocycles. The van der Waals surface area contributed by atoms with Crippen molar-refractivity contribution in [2.45, 2.75) is 20.8 Å². The van der Waals surface area contributed by atoms with Gasteiger partial charge in [0.2, 0.25) is 0 Å². The average Bonchev–Trinajstić information content (AvgIpc) is 2.03. The van der Waals surface area contributed by atoms with Crippen molar-refractivity contribution in [3.63, 3.8) is 0 Å². The molecule has 1 aromatic rings. The molecule has 0 bridgehead atoms. The van der Waals surface area contributed by atoms with Crippen LogP contribution >= 0.6 is 0 Å². The minimum Gasteiger partial charge on any atom is -1.00 e. The standard InChI is InChI=1S/C11H15O.BrH.Mg/c1-9(2)8-12-11-7-5-4-6-10(11)3;;/h5-7,9H,8H2,1-3H3;1H;/q-1;;+2/p-1. The largest absolute Gasteiger partial charge is 2.00 e. The zero-order valence-corrected chi connectivity index (χ0v) is 12.0. The van der Waals surface area contributed by atoms with Crippen LogP contribution in [-0.2, 0) is 0 Å². The number of hydrogen-bond acceptors (Lipinski definition) is 1. The van der Waals surface area contributed by atoms with E-state index in [4.69, 9.17) is 4.74 Å². The maximum atomic E-state index is 5.58. The molecular formula is C11H15BrMgO. The van der Waals surface area contributed by atoms with Crippen LogP contribution in [0, 0.1) is 18.9 Å². The smallest absolute Gasteiger partial charge is 1.00 e. The fourth-order valence-corrected chi connectivity index (χ4v) is 0.918. The van der Waals surface area contributed by atoms with Crippen LogP contribution in [0.15, 0.2) is 18.2 Å². The topological polar surface area (TPSA) is 9.23 Å². The molecule has 0 N–H and O–H groups in total. The molecule has 0 spiro atoms. The predicted molar refractivity (Wildman–Crippen MR) is 56.1 cm³/mol. The Kier molecular flexibility index (Phi) is 10.2. The average molecular weight is 267 g/mol. The van der Waals surface area contributed by atoms with Gasteiger partial charge in [-0.2, -0.15) is 18.2 Å². The molecule has 0 unspecified atom stereocenters. The number of hydrogen-bond donors (Lipinski definition) is 0. The first-order chi connectivity index (χ1) is 5.70. The second-order valence-electron chi connectivity index (χ2n) is 3.40. The summed E-state index contributed by atoms with van der Waals surface area (Å²) >= 11 is 0. The first-order valence-electron chi connectivity index (χ1n) is 4.29. The van der Waals surface area contributed by atoms with Gasteiger partial charge in [-0.3, -0.25) is 0 Å². The Morgan fingerprint density at radius 3 is 2.57 bits per heavy atom. The van der Waals surface area contributed by atoms with Crippen molar-refractivity contribution in [3.05, 3.63) is 29.8 Å². The fraction of sp³-hybridized carbons (Fsp3) is 0.455. The fourth-order valence-electron chi connectivity index (χ4n) is 0.918. The number of ether oxygens (including phenoxy) is 1. The van der Waals surface area contributed by atoms with E-state index in [1.165, 1.54) is 0 Å². The van der Waals surface area contributed by atoms with E-state index in [9.17, 15) is 0 Å². The zero-order chi connectivity index (χ0) is 8.97. The van der Waals surface area contributed by atoms with Gasteiger partial charge in [0.15, 0.2) is 0 Å². The molecule has 0 saturated heterocycles. The van der Waals surface area contributed by atoms with E-state index in [-0.39, 0.29) is 40.0 Å². The molecule has 74 valence electrons. The Morgan fingerprint density at radius 1 is 1.43 bits per heavy atom. The maximum absolute atomic E-state index is 5.58. The number of aryl methyl sites for hydroxylation is 1. The van der Waals surface area contributed by atoms with Crippen LogP contribution in [-0.4, -0.2) is 29.7 Å².